The Morgan fingerprint density at radius 2 is 2.26 bits per heavy atom. The van der Waals surface area contributed by atoms with Gasteiger partial charge in [-0.25, -0.2) is 4.98 Å². The highest BCUT2D eigenvalue weighted by atomic mass is 15.1. The largest absolute Gasteiger partial charge is 0.346 e. The second-order valence-corrected chi connectivity index (χ2v) is 6.24. The molecule has 2 aliphatic heterocycles. The molecule has 2 unspecified atom stereocenters. The Kier molecular flexibility index (Phi) is 4.18. The topological polar surface area (TPSA) is 44.0 Å². The Morgan fingerprint density at radius 3 is 3.05 bits per heavy atom. The predicted molar refractivity (Wildman–Crippen MR) is 77.4 cm³/mol. The van der Waals surface area contributed by atoms with Crippen LogP contribution in [-0.2, 0) is 6.42 Å². The zero-order valence-electron chi connectivity index (χ0n) is 12.0. The third kappa shape index (κ3) is 3.37. The van der Waals surface area contributed by atoms with Crippen LogP contribution in [0.5, 0.6) is 0 Å². The van der Waals surface area contributed by atoms with E-state index in [0.717, 1.165) is 6.42 Å². The molecule has 1 aromatic rings. The first-order valence-electron chi connectivity index (χ1n) is 7.77. The molecule has 2 saturated heterocycles. The molecule has 0 bridgehead atoms. The average molecular weight is 262 g/mol. The van der Waals surface area contributed by atoms with E-state index in [9.17, 15) is 0 Å². The summed E-state index contributed by atoms with van der Waals surface area (Å²) in [6, 6.07) is 0.627. The van der Waals surface area contributed by atoms with Crippen LogP contribution in [0.2, 0.25) is 0 Å². The van der Waals surface area contributed by atoms with Gasteiger partial charge in [-0.2, -0.15) is 0 Å². The van der Waals surface area contributed by atoms with Gasteiger partial charge in [-0.15, -0.1) is 0 Å². The lowest BCUT2D eigenvalue weighted by atomic mass is 9.96. The van der Waals surface area contributed by atoms with Gasteiger partial charge in [0.1, 0.15) is 5.82 Å². The fourth-order valence-corrected chi connectivity index (χ4v) is 3.44. The smallest absolute Gasteiger partial charge is 0.107 e. The van der Waals surface area contributed by atoms with E-state index in [0.29, 0.717) is 12.0 Å². The summed E-state index contributed by atoms with van der Waals surface area (Å²) in [6.07, 6.45) is 9.72. The van der Waals surface area contributed by atoms with Crippen molar-refractivity contribution in [1.82, 2.24) is 20.2 Å². The maximum Gasteiger partial charge on any atom is 0.107 e. The van der Waals surface area contributed by atoms with Crippen molar-refractivity contribution in [3.8, 4) is 0 Å². The van der Waals surface area contributed by atoms with Crippen molar-refractivity contribution in [3.05, 3.63) is 17.7 Å². The fourth-order valence-electron chi connectivity index (χ4n) is 3.44. The lowest BCUT2D eigenvalue weighted by Gasteiger charge is -2.28. The van der Waals surface area contributed by atoms with E-state index in [2.05, 4.69) is 33.4 Å². The Bertz CT molecular complexity index is 395. The summed E-state index contributed by atoms with van der Waals surface area (Å²) in [5, 5.41) is 3.60. The van der Waals surface area contributed by atoms with E-state index < -0.39 is 0 Å². The number of rotatable bonds is 3. The van der Waals surface area contributed by atoms with Gasteiger partial charge in [0.2, 0.25) is 0 Å². The molecule has 106 valence electrons. The monoisotopic (exact) mass is 262 g/mol. The molecule has 3 rings (SSSR count). The van der Waals surface area contributed by atoms with Crippen molar-refractivity contribution in [1.29, 1.82) is 0 Å². The third-order valence-corrected chi connectivity index (χ3v) is 4.56. The Hall–Kier alpha value is -0.870. The molecule has 0 radical (unpaired) electrons. The molecule has 0 aromatic carbocycles. The molecule has 3 heterocycles. The van der Waals surface area contributed by atoms with E-state index in [-0.39, 0.29) is 0 Å². The molecule has 4 heteroatoms. The highest BCUT2D eigenvalue weighted by Gasteiger charge is 2.21. The molecule has 1 aromatic heterocycles. The number of nitrogens with zero attached hydrogens (tertiary/aromatic N) is 2. The Balaban J connectivity index is 1.59. The molecule has 0 aliphatic carbocycles. The SMILES string of the molecule is CN1CCCC(c2cnc(CC3CCCCN3)[nH]2)C1. The molecular weight excluding hydrogens is 236 g/mol. The number of aromatic nitrogens is 2. The van der Waals surface area contributed by atoms with Gasteiger partial charge in [-0.05, 0) is 45.8 Å². The number of hydrogen-bond acceptors (Lipinski definition) is 3. The molecule has 4 nitrogen and oxygen atoms in total. The molecule has 0 amide bonds. The van der Waals surface area contributed by atoms with Gasteiger partial charge in [0, 0.05) is 36.8 Å². The Morgan fingerprint density at radius 1 is 1.32 bits per heavy atom. The molecule has 2 N–H and O–H groups in total. The van der Waals surface area contributed by atoms with E-state index in [1.807, 2.05) is 0 Å². The Labute approximate surface area is 116 Å². The first kappa shape index (κ1) is 13.1. The molecule has 0 spiro atoms. The summed E-state index contributed by atoms with van der Waals surface area (Å²) in [5.41, 5.74) is 1.34. The maximum absolute atomic E-state index is 4.60. The number of hydrogen-bond donors (Lipinski definition) is 2. The van der Waals surface area contributed by atoms with Crippen LogP contribution in [0.3, 0.4) is 0 Å². The van der Waals surface area contributed by atoms with Crippen LogP contribution >= 0.6 is 0 Å². The van der Waals surface area contributed by atoms with Crippen LogP contribution in [0.25, 0.3) is 0 Å². The minimum atomic E-state index is 0.627. The normalized spacial score (nSPS) is 29.5. The molecule has 19 heavy (non-hydrogen) atoms. The quantitative estimate of drug-likeness (QED) is 0.874. The highest BCUT2D eigenvalue weighted by Crippen LogP contribution is 2.25. The fraction of sp³-hybridized carbons (Fsp3) is 0.800. The van der Waals surface area contributed by atoms with Gasteiger partial charge in [-0.1, -0.05) is 6.42 Å². The zero-order valence-corrected chi connectivity index (χ0v) is 12.0. The van der Waals surface area contributed by atoms with Gasteiger partial charge in [0.05, 0.1) is 0 Å². The first-order valence-corrected chi connectivity index (χ1v) is 7.77. The van der Waals surface area contributed by atoms with E-state index in [1.165, 1.54) is 63.3 Å². The van der Waals surface area contributed by atoms with Gasteiger partial charge in [0.15, 0.2) is 0 Å². The second-order valence-electron chi connectivity index (χ2n) is 6.24. The van der Waals surface area contributed by atoms with E-state index in [1.54, 1.807) is 0 Å². The average Bonchev–Trinajstić information content (AvgIpc) is 2.88. The lowest BCUT2D eigenvalue weighted by Crippen LogP contribution is -2.35. The van der Waals surface area contributed by atoms with E-state index >= 15 is 0 Å². The number of piperidine rings is 2. The standard InChI is InChI=1S/C15H26N4/c1-19-8-4-5-12(11-19)14-10-17-15(18-14)9-13-6-2-3-7-16-13/h10,12-13,16H,2-9,11H2,1H3,(H,17,18). The number of aromatic amines is 1. The number of likely N-dealkylation sites (N-methyl/N-ethyl adjacent to an activating group) is 1. The van der Waals surface area contributed by atoms with Crippen molar-refractivity contribution < 1.29 is 0 Å². The minimum absolute atomic E-state index is 0.627. The van der Waals surface area contributed by atoms with Gasteiger partial charge >= 0.3 is 0 Å². The lowest BCUT2D eigenvalue weighted by molar-refractivity contribution is 0.248. The van der Waals surface area contributed by atoms with Crippen molar-refractivity contribution in [2.45, 2.75) is 50.5 Å². The number of likely N-dealkylation sites (tertiary alicyclic amines) is 1. The van der Waals surface area contributed by atoms with Gasteiger partial charge < -0.3 is 15.2 Å². The maximum atomic E-state index is 4.60. The van der Waals surface area contributed by atoms with Crippen LogP contribution in [-0.4, -0.2) is 47.6 Å². The first-order chi connectivity index (χ1) is 9.31. The second kappa shape index (κ2) is 6.06. The number of nitrogens with one attached hydrogen (secondary N) is 2. The molecule has 2 fully saturated rings. The number of H-pyrrole nitrogens is 1. The minimum Gasteiger partial charge on any atom is -0.346 e. The highest BCUT2D eigenvalue weighted by molar-refractivity contribution is 5.10. The van der Waals surface area contributed by atoms with Crippen LogP contribution in [0.15, 0.2) is 6.20 Å². The van der Waals surface area contributed by atoms with Crippen molar-refractivity contribution in [2.24, 2.45) is 0 Å². The molecule has 2 aliphatic rings. The summed E-state index contributed by atoms with van der Waals surface area (Å²) >= 11 is 0. The van der Waals surface area contributed by atoms with E-state index in [4.69, 9.17) is 0 Å². The summed E-state index contributed by atoms with van der Waals surface area (Å²) in [6.45, 7) is 3.58. The molecular formula is C15H26N4. The predicted octanol–water partition coefficient (Wildman–Crippen LogP) is 1.90. The summed E-state index contributed by atoms with van der Waals surface area (Å²) < 4.78 is 0. The zero-order chi connectivity index (χ0) is 13.1. The van der Waals surface area contributed by atoms with Crippen LogP contribution < -0.4 is 5.32 Å². The van der Waals surface area contributed by atoms with Crippen molar-refractivity contribution >= 4 is 0 Å². The number of imidazole rings is 1. The van der Waals surface area contributed by atoms with Crippen molar-refractivity contribution in [3.63, 3.8) is 0 Å². The third-order valence-electron chi connectivity index (χ3n) is 4.56. The van der Waals surface area contributed by atoms with Crippen LogP contribution in [0.1, 0.15) is 49.5 Å². The summed E-state index contributed by atoms with van der Waals surface area (Å²) in [5.74, 6) is 1.82. The van der Waals surface area contributed by atoms with Crippen LogP contribution in [0.4, 0.5) is 0 Å². The molecule has 0 saturated carbocycles. The van der Waals surface area contributed by atoms with Gasteiger partial charge in [0.25, 0.3) is 0 Å². The van der Waals surface area contributed by atoms with Crippen LogP contribution in [0, 0.1) is 0 Å². The van der Waals surface area contributed by atoms with Gasteiger partial charge in [-0.3, -0.25) is 0 Å². The molecule has 2 atom stereocenters. The summed E-state index contributed by atoms with van der Waals surface area (Å²) in [7, 11) is 2.22. The van der Waals surface area contributed by atoms with Crippen molar-refractivity contribution in [2.75, 3.05) is 26.7 Å². The summed E-state index contributed by atoms with van der Waals surface area (Å²) in [4.78, 5) is 10.6.